The first-order valence-corrected chi connectivity index (χ1v) is 5.59. The minimum atomic E-state index is -1.01. The topological polar surface area (TPSA) is 78.8 Å². The van der Waals surface area contributed by atoms with Crippen molar-refractivity contribution in [1.82, 2.24) is 5.32 Å². The highest BCUT2D eigenvalue weighted by atomic mass is 32.1. The largest absolute Gasteiger partial charge is 0.496 e. The first kappa shape index (κ1) is 13.0. The van der Waals surface area contributed by atoms with Gasteiger partial charge in [-0.15, -0.1) is 11.3 Å². The van der Waals surface area contributed by atoms with Crippen molar-refractivity contribution >= 4 is 17.2 Å². The van der Waals surface area contributed by atoms with Crippen LogP contribution in [0.15, 0.2) is 11.4 Å². The number of carbonyl (C=O) groups excluding carboxylic acids is 1. The minimum absolute atomic E-state index is 0.322. The fourth-order valence-electron chi connectivity index (χ4n) is 1.01. The van der Waals surface area contributed by atoms with E-state index >= 15 is 0 Å². The van der Waals surface area contributed by atoms with Gasteiger partial charge in [-0.2, -0.15) is 0 Å². The molecule has 1 rings (SSSR count). The molecule has 0 aliphatic carbocycles. The summed E-state index contributed by atoms with van der Waals surface area (Å²) in [5.41, 5.74) is -1.01. The smallest absolute Gasteiger partial charge is 0.262 e. The van der Waals surface area contributed by atoms with Crippen LogP contribution in [0, 0.1) is 0 Å². The van der Waals surface area contributed by atoms with Gasteiger partial charge >= 0.3 is 0 Å². The molecular formula is C10H15NO4S. The van der Waals surface area contributed by atoms with Crippen molar-refractivity contribution in [3.63, 3.8) is 0 Å². The molecule has 1 aromatic heterocycles. The zero-order valence-electron chi connectivity index (χ0n) is 9.19. The van der Waals surface area contributed by atoms with E-state index in [-0.39, 0.29) is 19.1 Å². The Morgan fingerprint density at radius 2 is 2.19 bits per heavy atom. The van der Waals surface area contributed by atoms with Gasteiger partial charge in [-0.1, -0.05) is 0 Å². The number of rotatable bonds is 5. The number of aliphatic hydroxyl groups excluding tert-OH is 2. The van der Waals surface area contributed by atoms with E-state index < -0.39 is 5.54 Å². The molecule has 0 spiro atoms. The van der Waals surface area contributed by atoms with Crippen LogP contribution < -0.4 is 10.1 Å². The van der Waals surface area contributed by atoms with E-state index in [1.165, 1.54) is 18.4 Å². The van der Waals surface area contributed by atoms with Crippen LogP contribution in [0.4, 0.5) is 0 Å². The Hall–Kier alpha value is -1.11. The van der Waals surface area contributed by atoms with E-state index in [1.807, 2.05) is 0 Å². The average Bonchev–Trinajstić information content (AvgIpc) is 2.77. The fourth-order valence-corrected chi connectivity index (χ4v) is 1.76. The normalized spacial score (nSPS) is 11.2. The van der Waals surface area contributed by atoms with E-state index in [4.69, 9.17) is 14.9 Å². The maximum Gasteiger partial charge on any atom is 0.262 e. The third kappa shape index (κ3) is 2.94. The number of ether oxygens (including phenoxy) is 1. The van der Waals surface area contributed by atoms with Crippen molar-refractivity contribution in [1.29, 1.82) is 0 Å². The molecule has 1 aromatic rings. The Morgan fingerprint density at radius 1 is 1.56 bits per heavy atom. The van der Waals surface area contributed by atoms with E-state index in [0.29, 0.717) is 10.6 Å². The monoisotopic (exact) mass is 245 g/mol. The van der Waals surface area contributed by atoms with Gasteiger partial charge in [0.1, 0.15) is 5.75 Å². The van der Waals surface area contributed by atoms with Gasteiger partial charge in [0.05, 0.1) is 30.7 Å². The quantitative estimate of drug-likeness (QED) is 0.694. The zero-order valence-corrected chi connectivity index (χ0v) is 10.0. The molecule has 1 heterocycles. The second kappa shape index (κ2) is 5.29. The molecule has 0 aliphatic rings. The highest BCUT2D eigenvalue weighted by molar-refractivity contribution is 7.12. The van der Waals surface area contributed by atoms with Crippen LogP contribution in [0.3, 0.4) is 0 Å². The van der Waals surface area contributed by atoms with Crippen molar-refractivity contribution in [3.05, 3.63) is 16.3 Å². The van der Waals surface area contributed by atoms with Gasteiger partial charge in [0.25, 0.3) is 5.91 Å². The maximum absolute atomic E-state index is 11.7. The van der Waals surface area contributed by atoms with Gasteiger partial charge in [0, 0.05) is 11.4 Å². The van der Waals surface area contributed by atoms with Crippen molar-refractivity contribution in [2.24, 2.45) is 0 Å². The molecule has 5 nitrogen and oxygen atoms in total. The lowest BCUT2D eigenvalue weighted by atomic mass is 10.1. The molecule has 0 radical (unpaired) electrons. The van der Waals surface area contributed by atoms with Crippen LogP contribution in [0.5, 0.6) is 5.75 Å². The average molecular weight is 245 g/mol. The number of hydrogen-bond acceptors (Lipinski definition) is 5. The summed E-state index contributed by atoms with van der Waals surface area (Å²) in [5, 5.41) is 22.3. The van der Waals surface area contributed by atoms with E-state index in [1.54, 1.807) is 18.4 Å². The standard InChI is InChI=1S/C10H15NO4S/c1-10(5-12,6-13)11-9(14)8-3-7(15-2)4-16-8/h3-4,12-13H,5-6H2,1-2H3,(H,11,14). The van der Waals surface area contributed by atoms with Gasteiger partial charge < -0.3 is 20.3 Å². The maximum atomic E-state index is 11.7. The molecule has 1 amide bonds. The first-order chi connectivity index (χ1) is 7.54. The lowest BCUT2D eigenvalue weighted by Crippen LogP contribution is -2.51. The minimum Gasteiger partial charge on any atom is -0.496 e. The summed E-state index contributed by atoms with van der Waals surface area (Å²) >= 11 is 1.24. The Bertz CT molecular complexity index is 359. The predicted octanol–water partition coefficient (Wildman–Crippen LogP) is 0.230. The number of carbonyl (C=O) groups is 1. The molecule has 0 bridgehead atoms. The number of amides is 1. The first-order valence-electron chi connectivity index (χ1n) is 4.71. The number of methoxy groups -OCH3 is 1. The van der Waals surface area contributed by atoms with Crippen LogP contribution in [-0.4, -0.2) is 42.0 Å². The molecule has 0 aromatic carbocycles. The van der Waals surface area contributed by atoms with Gasteiger partial charge in [0.2, 0.25) is 0 Å². The molecule has 3 N–H and O–H groups in total. The van der Waals surface area contributed by atoms with Crippen molar-refractivity contribution in [2.45, 2.75) is 12.5 Å². The second-order valence-electron chi connectivity index (χ2n) is 3.68. The molecule has 0 unspecified atom stereocenters. The summed E-state index contributed by atoms with van der Waals surface area (Å²) in [4.78, 5) is 12.2. The molecule has 0 saturated carbocycles. The van der Waals surface area contributed by atoms with Crippen molar-refractivity contribution < 1.29 is 19.7 Å². The molecule has 6 heteroatoms. The van der Waals surface area contributed by atoms with Gasteiger partial charge in [-0.3, -0.25) is 4.79 Å². The number of nitrogens with one attached hydrogen (secondary N) is 1. The van der Waals surface area contributed by atoms with Crippen LogP contribution in [-0.2, 0) is 0 Å². The number of thiophene rings is 1. The fraction of sp³-hybridized carbons (Fsp3) is 0.500. The van der Waals surface area contributed by atoms with E-state index in [0.717, 1.165) is 0 Å². The zero-order chi connectivity index (χ0) is 12.2. The van der Waals surface area contributed by atoms with Crippen molar-refractivity contribution in [3.8, 4) is 5.75 Å². The summed E-state index contributed by atoms with van der Waals surface area (Å²) < 4.78 is 4.96. The van der Waals surface area contributed by atoms with Crippen LogP contribution in [0.1, 0.15) is 16.6 Å². The molecule has 0 aliphatic heterocycles. The predicted molar refractivity (Wildman–Crippen MR) is 60.9 cm³/mol. The summed E-state index contributed by atoms with van der Waals surface area (Å²) in [6.07, 6.45) is 0. The molecule has 0 atom stereocenters. The van der Waals surface area contributed by atoms with Gasteiger partial charge in [-0.25, -0.2) is 0 Å². The van der Waals surface area contributed by atoms with E-state index in [2.05, 4.69) is 5.32 Å². The third-order valence-electron chi connectivity index (χ3n) is 2.15. The summed E-state index contributed by atoms with van der Waals surface area (Å²) in [6, 6.07) is 1.61. The lowest BCUT2D eigenvalue weighted by molar-refractivity contribution is 0.0727. The highest BCUT2D eigenvalue weighted by Gasteiger charge is 2.25. The summed E-state index contributed by atoms with van der Waals surface area (Å²) in [7, 11) is 1.52. The van der Waals surface area contributed by atoms with Gasteiger partial charge in [-0.05, 0) is 6.92 Å². The Balaban J connectivity index is 2.71. The molecule has 0 fully saturated rings. The summed E-state index contributed by atoms with van der Waals surface area (Å²) in [5.74, 6) is 0.281. The molecule has 90 valence electrons. The highest BCUT2D eigenvalue weighted by Crippen LogP contribution is 2.21. The lowest BCUT2D eigenvalue weighted by Gasteiger charge is -2.25. The summed E-state index contributed by atoms with van der Waals surface area (Å²) in [6.45, 7) is 0.922. The van der Waals surface area contributed by atoms with Gasteiger partial charge in [0.15, 0.2) is 0 Å². The molecule has 0 saturated heterocycles. The Kier molecular flexibility index (Phi) is 4.28. The Morgan fingerprint density at radius 3 is 2.62 bits per heavy atom. The van der Waals surface area contributed by atoms with Crippen LogP contribution in [0.25, 0.3) is 0 Å². The number of aliphatic hydroxyl groups is 2. The SMILES string of the molecule is COc1csc(C(=O)NC(C)(CO)CO)c1. The van der Waals surface area contributed by atoms with Crippen LogP contribution in [0.2, 0.25) is 0 Å². The molecule has 16 heavy (non-hydrogen) atoms. The Labute approximate surface area is 97.7 Å². The number of hydrogen-bond donors (Lipinski definition) is 3. The van der Waals surface area contributed by atoms with Crippen LogP contribution >= 0.6 is 11.3 Å². The third-order valence-corrected chi connectivity index (χ3v) is 3.06. The second-order valence-corrected chi connectivity index (χ2v) is 4.59. The molecular weight excluding hydrogens is 230 g/mol. The van der Waals surface area contributed by atoms with E-state index in [9.17, 15) is 4.79 Å². The van der Waals surface area contributed by atoms with Crippen molar-refractivity contribution in [2.75, 3.05) is 20.3 Å².